The second kappa shape index (κ2) is 5.93. The molecule has 0 saturated carbocycles. The SMILES string of the molecule is COCc1cccc(N2CCN3CCCCC3C2)c1. The molecule has 0 radical (unpaired) electrons. The summed E-state index contributed by atoms with van der Waals surface area (Å²) in [7, 11) is 1.76. The minimum absolute atomic E-state index is 0.706. The number of benzene rings is 1. The van der Waals surface area contributed by atoms with Crippen LogP contribution in [-0.2, 0) is 11.3 Å². The molecule has 1 aromatic rings. The van der Waals surface area contributed by atoms with Crippen LogP contribution in [0.4, 0.5) is 5.69 Å². The number of anilines is 1. The van der Waals surface area contributed by atoms with E-state index in [1.54, 1.807) is 7.11 Å². The highest BCUT2D eigenvalue weighted by Crippen LogP contribution is 2.25. The molecule has 0 spiro atoms. The predicted molar refractivity (Wildman–Crippen MR) is 78.6 cm³/mol. The van der Waals surface area contributed by atoms with Crippen LogP contribution in [-0.4, -0.2) is 44.2 Å². The van der Waals surface area contributed by atoms with Gasteiger partial charge in [-0.1, -0.05) is 18.6 Å². The van der Waals surface area contributed by atoms with Crippen molar-refractivity contribution in [2.45, 2.75) is 31.9 Å². The van der Waals surface area contributed by atoms with Gasteiger partial charge in [-0.25, -0.2) is 0 Å². The fraction of sp³-hybridized carbons (Fsp3) is 0.625. The van der Waals surface area contributed by atoms with Crippen molar-refractivity contribution in [1.29, 1.82) is 0 Å². The first kappa shape index (κ1) is 12.9. The molecular weight excluding hydrogens is 236 g/mol. The Balaban J connectivity index is 1.70. The Hall–Kier alpha value is -1.06. The van der Waals surface area contributed by atoms with E-state index >= 15 is 0 Å². The van der Waals surface area contributed by atoms with E-state index in [4.69, 9.17) is 4.74 Å². The van der Waals surface area contributed by atoms with Crippen molar-refractivity contribution in [2.75, 3.05) is 38.2 Å². The Morgan fingerprint density at radius 3 is 3.05 bits per heavy atom. The molecule has 0 amide bonds. The highest BCUT2D eigenvalue weighted by molar-refractivity contribution is 5.49. The summed E-state index contributed by atoms with van der Waals surface area (Å²) < 4.78 is 5.23. The normalized spacial score (nSPS) is 24.3. The van der Waals surface area contributed by atoms with Crippen LogP contribution in [0.1, 0.15) is 24.8 Å². The van der Waals surface area contributed by atoms with Crippen LogP contribution in [0.5, 0.6) is 0 Å². The first-order valence-corrected chi connectivity index (χ1v) is 7.44. The molecule has 19 heavy (non-hydrogen) atoms. The third-order valence-electron chi connectivity index (χ3n) is 4.42. The summed E-state index contributed by atoms with van der Waals surface area (Å²) in [4.78, 5) is 5.23. The van der Waals surface area contributed by atoms with Crippen molar-refractivity contribution in [3.8, 4) is 0 Å². The quantitative estimate of drug-likeness (QED) is 0.830. The van der Waals surface area contributed by atoms with E-state index in [1.807, 2.05) is 0 Å². The van der Waals surface area contributed by atoms with Gasteiger partial charge < -0.3 is 9.64 Å². The summed E-state index contributed by atoms with van der Waals surface area (Å²) in [6.45, 7) is 5.59. The second-order valence-corrected chi connectivity index (χ2v) is 5.73. The smallest absolute Gasteiger partial charge is 0.0713 e. The average molecular weight is 260 g/mol. The predicted octanol–water partition coefficient (Wildman–Crippen LogP) is 2.51. The molecule has 3 rings (SSSR count). The molecule has 3 nitrogen and oxygen atoms in total. The summed E-state index contributed by atoms with van der Waals surface area (Å²) in [5, 5.41) is 0. The van der Waals surface area contributed by atoms with Gasteiger partial charge in [-0.3, -0.25) is 4.90 Å². The van der Waals surface area contributed by atoms with Crippen molar-refractivity contribution < 1.29 is 4.74 Å². The van der Waals surface area contributed by atoms with E-state index in [0.29, 0.717) is 6.61 Å². The van der Waals surface area contributed by atoms with Gasteiger partial charge in [0.1, 0.15) is 0 Å². The largest absolute Gasteiger partial charge is 0.380 e. The zero-order chi connectivity index (χ0) is 13.1. The Kier molecular flexibility index (Phi) is 4.04. The number of piperidine rings is 1. The van der Waals surface area contributed by atoms with Crippen LogP contribution in [0, 0.1) is 0 Å². The first-order chi connectivity index (χ1) is 9.36. The monoisotopic (exact) mass is 260 g/mol. The Labute approximate surface area is 116 Å². The second-order valence-electron chi connectivity index (χ2n) is 5.73. The Bertz CT molecular complexity index is 421. The number of hydrogen-bond donors (Lipinski definition) is 0. The maximum Gasteiger partial charge on any atom is 0.0713 e. The number of methoxy groups -OCH3 is 1. The van der Waals surface area contributed by atoms with Gasteiger partial charge >= 0.3 is 0 Å². The van der Waals surface area contributed by atoms with E-state index in [-0.39, 0.29) is 0 Å². The fourth-order valence-corrected chi connectivity index (χ4v) is 3.40. The third-order valence-corrected chi connectivity index (χ3v) is 4.42. The van der Waals surface area contributed by atoms with Crippen LogP contribution >= 0.6 is 0 Å². The molecule has 0 bridgehead atoms. The number of hydrogen-bond acceptors (Lipinski definition) is 3. The van der Waals surface area contributed by atoms with Gasteiger partial charge in [-0.2, -0.15) is 0 Å². The number of ether oxygens (including phenoxy) is 1. The lowest BCUT2D eigenvalue weighted by molar-refractivity contribution is 0.133. The van der Waals surface area contributed by atoms with Gasteiger partial charge in [0.05, 0.1) is 6.61 Å². The lowest BCUT2D eigenvalue weighted by atomic mass is 9.99. The summed E-state index contributed by atoms with van der Waals surface area (Å²) in [5.74, 6) is 0. The highest BCUT2D eigenvalue weighted by Gasteiger charge is 2.28. The lowest BCUT2D eigenvalue weighted by Crippen LogP contribution is -2.54. The molecule has 3 heteroatoms. The Morgan fingerprint density at radius 1 is 1.21 bits per heavy atom. The van der Waals surface area contributed by atoms with Crippen molar-refractivity contribution in [3.63, 3.8) is 0 Å². The Morgan fingerprint density at radius 2 is 2.16 bits per heavy atom. The summed E-state index contributed by atoms with van der Waals surface area (Å²) >= 11 is 0. The molecule has 1 atom stereocenters. The molecule has 1 aromatic carbocycles. The van der Waals surface area contributed by atoms with E-state index < -0.39 is 0 Å². The van der Waals surface area contributed by atoms with Gasteiger partial charge in [-0.15, -0.1) is 0 Å². The number of nitrogens with zero attached hydrogens (tertiary/aromatic N) is 2. The molecule has 2 aliphatic rings. The zero-order valence-corrected chi connectivity index (χ0v) is 11.8. The van der Waals surface area contributed by atoms with Gasteiger partial charge in [-0.05, 0) is 37.1 Å². The van der Waals surface area contributed by atoms with Crippen LogP contribution in [0.15, 0.2) is 24.3 Å². The van der Waals surface area contributed by atoms with Crippen LogP contribution in [0.2, 0.25) is 0 Å². The fourth-order valence-electron chi connectivity index (χ4n) is 3.40. The molecule has 1 unspecified atom stereocenters. The standard InChI is InChI=1S/C16H24N2O/c1-19-13-14-5-4-7-15(11-14)18-10-9-17-8-3-2-6-16(17)12-18/h4-5,7,11,16H,2-3,6,8-10,12-13H2,1H3. The first-order valence-electron chi connectivity index (χ1n) is 7.44. The lowest BCUT2D eigenvalue weighted by Gasteiger charge is -2.45. The molecule has 2 saturated heterocycles. The van der Waals surface area contributed by atoms with Crippen LogP contribution in [0.25, 0.3) is 0 Å². The molecular formula is C16H24N2O. The van der Waals surface area contributed by atoms with Gasteiger partial charge in [0.25, 0.3) is 0 Å². The van der Waals surface area contributed by atoms with E-state index in [2.05, 4.69) is 34.1 Å². The van der Waals surface area contributed by atoms with E-state index in [0.717, 1.165) is 12.6 Å². The molecule has 0 aliphatic carbocycles. The van der Waals surface area contributed by atoms with Crippen LogP contribution < -0.4 is 4.90 Å². The topological polar surface area (TPSA) is 15.7 Å². The average Bonchev–Trinajstić information content (AvgIpc) is 2.47. The number of piperazine rings is 1. The minimum Gasteiger partial charge on any atom is -0.380 e. The van der Waals surface area contributed by atoms with Crippen LogP contribution in [0.3, 0.4) is 0 Å². The molecule has 2 fully saturated rings. The number of rotatable bonds is 3. The van der Waals surface area contributed by atoms with E-state index in [9.17, 15) is 0 Å². The van der Waals surface area contributed by atoms with Crippen molar-refractivity contribution in [1.82, 2.24) is 4.90 Å². The van der Waals surface area contributed by atoms with E-state index in [1.165, 1.54) is 50.1 Å². The van der Waals surface area contributed by atoms with Crippen molar-refractivity contribution >= 4 is 5.69 Å². The van der Waals surface area contributed by atoms with Gasteiger partial charge in [0, 0.05) is 38.5 Å². The minimum atomic E-state index is 0.706. The molecule has 0 N–H and O–H groups in total. The summed E-state index contributed by atoms with van der Waals surface area (Å²) in [6.07, 6.45) is 4.16. The zero-order valence-electron chi connectivity index (χ0n) is 11.8. The molecule has 2 aliphatic heterocycles. The maximum absolute atomic E-state index is 5.23. The molecule has 0 aromatic heterocycles. The maximum atomic E-state index is 5.23. The summed E-state index contributed by atoms with van der Waals surface area (Å²) in [6, 6.07) is 9.58. The van der Waals surface area contributed by atoms with Gasteiger partial charge in [0.2, 0.25) is 0 Å². The van der Waals surface area contributed by atoms with Crippen molar-refractivity contribution in [2.24, 2.45) is 0 Å². The molecule has 2 heterocycles. The number of fused-ring (bicyclic) bond motifs is 1. The molecule has 104 valence electrons. The highest BCUT2D eigenvalue weighted by atomic mass is 16.5. The van der Waals surface area contributed by atoms with Crippen molar-refractivity contribution in [3.05, 3.63) is 29.8 Å². The summed E-state index contributed by atoms with van der Waals surface area (Å²) in [5.41, 5.74) is 2.63. The third kappa shape index (κ3) is 2.93. The van der Waals surface area contributed by atoms with Gasteiger partial charge in [0.15, 0.2) is 0 Å².